The molecule has 2 aromatic carbocycles. The number of amides is 3. The van der Waals surface area contributed by atoms with Gasteiger partial charge in [0.2, 0.25) is 12.7 Å². The minimum Gasteiger partial charge on any atom is -0.454 e. The van der Waals surface area contributed by atoms with Crippen LogP contribution in [0.3, 0.4) is 0 Å². The quantitative estimate of drug-likeness (QED) is 0.840. The molecule has 3 amide bonds. The van der Waals surface area contributed by atoms with Crippen molar-refractivity contribution in [2.75, 3.05) is 49.7 Å². The zero-order valence-electron chi connectivity index (χ0n) is 15.4. The number of fused-ring (bicyclic) bond motifs is 1. The number of carbonyl (C=O) groups excluding carboxylic acids is 2. The number of piperazine rings is 1. The van der Waals surface area contributed by atoms with Crippen molar-refractivity contribution < 1.29 is 19.1 Å². The van der Waals surface area contributed by atoms with Gasteiger partial charge in [0.1, 0.15) is 0 Å². The lowest BCUT2D eigenvalue weighted by Crippen LogP contribution is -2.50. The number of carbonyl (C=O) groups is 2. The van der Waals surface area contributed by atoms with Crippen molar-refractivity contribution in [2.24, 2.45) is 0 Å². The number of imide groups is 1. The van der Waals surface area contributed by atoms with Crippen molar-refractivity contribution in [2.45, 2.75) is 0 Å². The summed E-state index contributed by atoms with van der Waals surface area (Å²) < 4.78 is 10.5. The van der Waals surface area contributed by atoms with Gasteiger partial charge in [-0.05, 0) is 24.3 Å². The highest BCUT2D eigenvalue weighted by Gasteiger charge is 2.20. The normalized spacial score (nSPS) is 15.9. The van der Waals surface area contributed by atoms with E-state index in [-0.39, 0.29) is 19.2 Å². The molecule has 0 aromatic heterocycles. The molecule has 2 N–H and O–H groups in total. The van der Waals surface area contributed by atoms with Gasteiger partial charge in [-0.25, -0.2) is 4.79 Å². The molecule has 2 aliphatic rings. The molecule has 1 saturated heterocycles. The SMILES string of the molecule is O=C(CN1CCN(c2ccccc2)CC1)NC(=O)Nc1ccc2c(c1)OCO2. The molecule has 28 heavy (non-hydrogen) atoms. The van der Waals surface area contributed by atoms with Gasteiger partial charge in [0.15, 0.2) is 11.5 Å². The predicted molar refractivity (Wildman–Crippen MR) is 105 cm³/mol. The fourth-order valence-electron chi connectivity index (χ4n) is 3.31. The van der Waals surface area contributed by atoms with Gasteiger partial charge < -0.3 is 19.7 Å². The van der Waals surface area contributed by atoms with E-state index in [2.05, 4.69) is 27.7 Å². The van der Waals surface area contributed by atoms with Gasteiger partial charge in [0, 0.05) is 43.6 Å². The maximum absolute atomic E-state index is 12.2. The molecule has 2 heterocycles. The first-order chi connectivity index (χ1) is 13.7. The Bertz CT molecular complexity index is 851. The Hall–Kier alpha value is -3.26. The van der Waals surface area contributed by atoms with Crippen LogP contribution in [0.25, 0.3) is 0 Å². The molecule has 2 aliphatic heterocycles. The van der Waals surface area contributed by atoms with Gasteiger partial charge in [-0.15, -0.1) is 0 Å². The fourth-order valence-corrected chi connectivity index (χ4v) is 3.31. The van der Waals surface area contributed by atoms with E-state index in [1.54, 1.807) is 18.2 Å². The highest BCUT2D eigenvalue weighted by Crippen LogP contribution is 2.34. The molecule has 0 radical (unpaired) electrons. The van der Waals surface area contributed by atoms with E-state index in [1.807, 2.05) is 23.1 Å². The van der Waals surface area contributed by atoms with Crippen LogP contribution >= 0.6 is 0 Å². The molecule has 2 aromatic rings. The molecule has 8 nitrogen and oxygen atoms in total. The maximum Gasteiger partial charge on any atom is 0.325 e. The van der Waals surface area contributed by atoms with E-state index in [0.717, 1.165) is 26.2 Å². The van der Waals surface area contributed by atoms with Crippen molar-refractivity contribution in [3.05, 3.63) is 48.5 Å². The monoisotopic (exact) mass is 382 g/mol. The first-order valence-corrected chi connectivity index (χ1v) is 9.20. The molecule has 146 valence electrons. The van der Waals surface area contributed by atoms with Gasteiger partial charge in [-0.2, -0.15) is 0 Å². The van der Waals surface area contributed by atoms with E-state index in [4.69, 9.17) is 9.47 Å². The van der Waals surface area contributed by atoms with Crippen LogP contribution < -0.4 is 25.0 Å². The zero-order valence-corrected chi connectivity index (χ0v) is 15.4. The van der Waals surface area contributed by atoms with Crippen LogP contribution in [-0.2, 0) is 4.79 Å². The lowest BCUT2D eigenvalue weighted by Gasteiger charge is -2.35. The maximum atomic E-state index is 12.2. The lowest BCUT2D eigenvalue weighted by molar-refractivity contribution is -0.121. The van der Waals surface area contributed by atoms with E-state index in [1.165, 1.54) is 5.69 Å². The second-order valence-corrected chi connectivity index (χ2v) is 6.67. The van der Waals surface area contributed by atoms with Crippen molar-refractivity contribution in [3.8, 4) is 11.5 Å². The van der Waals surface area contributed by atoms with Gasteiger partial charge in [-0.1, -0.05) is 18.2 Å². The summed E-state index contributed by atoms with van der Waals surface area (Å²) in [7, 11) is 0. The number of anilines is 2. The van der Waals surface area contributed by atoms with Crippen molar-refractivity contribution in [1.82, 2.24) is 10.2 Å². The summed E-state index contributed by atoms with van der Waals surface area (Å²) in [5.41, 5.74) is 1.72. The number of nitrogens with one attached hydrogen (secondary N) is 2. The standard InChI is InChI=1S/C20H22N4O4/c25-19(13-23-8-10-24(11-9-23)16-4-2-1-3-5-16)22-20(26)21-15-6-7-17-18(12-15)28-14-27-17/h1-7,12H,8-11,13-14H2,(H2,21,22,25,26). The number of rotatable bonds is 4. The third-order valence-corrected chi connectivity index (χ3v) is 4.74. The average molecular weight is 382 g/mol. The van der Waals surface area contributed by atoms with Crippen molar-refractivity contribution in [3.63, 3.8) is 0 Å². The smallest absolute Gasteiger partial charge is 0.325 e. The molecule has 0 atom stereocenters. The molecular formula is C20H22N4O4. The summed E-state index contributed by atoms with van der Waals surface area (Å²) in [5, 5.41) is 5.01. The van der Waals surface area contributed by atoms with Gasteiger partial charge in [0.25, 0.3) is 0 Å². The van der Waals surface area contributed by atoms with Crippen LogP contribution in [0.5, 0.6) is 11.5 Å². The van der Waals surface area contributed by atoms with Crippen LogP contribution in [0.1, 0.15) is 0 Å². The Kier molecular flexibility index (Phi) is 5.29. The Morgan fingerprint density at radius 2 is 1.68 bits per heavy atom. The Balaban J connectivity index is 1.22. The largest absolute Gasteiger partial charge is 0.454 e. The van der Waals surface area contributed by atoms with Crippen LogP contribution in [0.4, 0.5) is 16.2 Å². The lowest BCUT2D eigenvalue weighted by atomic mass is 10.2. The van der Waals surface area contributed by atoms with Gasteiger partial charge in [-0.3, -0.25) is 15.0 Å². The first kappa shape index (κ1) is 18.1. The highest BCUT2D eigenvalue weighted by atomic mass is 16.7. The number of hydrogen-bond donors (Lipinski definition) is 2. The molecule has 0 spiro atoms. The predicted octanol–water partition coefficient (Wildman–Crippen LogP) is 1.89. The summed E-state index contributed by atoms with van der Waals surface area (Å²) in [4.78, 5) is 28.6. The van der Waals surface area contributed by atoms with Crippen LogP contribution in [-0.4, -0.2) is 56.4 Å². The summed E-state index contributed by atoms with van der Waals surface area (Å²) in [6, 6.07) is 14.7. The van der Waals surface area contributed by atoms with Crippen LogP contribution in [0, 0.1) is 0 Å². The molecule has 0 unspecified atom stereocenters. The van der Waals surface area contributed by atoms with Crippen LogP contribution in [0.15, 0.2) is 48.5 Å². The first-order valence-electron chi connectivity index (χ1n) is 9.20. The number of ether oxygens (including phenoxy) is 2. The second kappa shape index (κ2) is 8.18. The summed E-state index contributed by atoms with van der Waals surface area (Å²) in [6.07, 6.45) is 0. The second-order valence-electron chi connectivity index (χ2n) is 6.67. The minimum atomic E-state index is -0.563. The summed E-state index contributed by atoms with van der Waals surface area (Å²) in [5.74, 6) is 0.878. The number of para-hydroxylation sites is 1. The van der Waals surface area contributed by atoms with Gasteiger partial charge in [0.05, 0.1) is 6.54 Å². The van der Waals surface area contributed by atoms with Crippen LogP contribution in [0.2, 0.25) is 0 Å². The topological polar surface area (TPSA) is 83.1 Å². The van der Waals surface area contributed by atoms with Crippen molar-refractivity contribution >= 4 is 23.3 Å². The van der Waals surface area contributed by atoms with Gasteiger partial charge >= 0.3 is 6.03 Å². The average Bonchev–Trinajstić information content (AvgIpc) is 3.17. The highest BCUT2D eigenvalue weighted by molar-refractivity contribution is 6.01. The Morgan fingerprint density at radius 1 is 0.929 bits per heavy atom. The molecule has 0 saturated carbocycles. The number of benzene rings is 2. The minimum absolute atomic E-state index is 0.168. The van der Waals surface area contributed by atoms with E-state index < -0.39 is 6.03 Å². The Labute approximate surface area is 163 Å². The molecule has 4 rings (SSSR count). The van der Waals surface area contributed by atoms with Crippen molar-refractivity contribution in [1.29, 1.82) is 0 Å². The molecular weight excluding hydrogens is 360 g/mol. The fraction of sp³-hybridized carbons (Fsp3) is 0.300. The molecule has 0 bridgehead atoms. The summed E-state index contributed by atoms with van der Waals surface area (Å²) in [6.45, 7) is 3.59. The zero-order chi connectivity index (χ0) is 19.3. The molecule has 0 aliphatic carbocycles. The molecule has 1 fully saturated rings. The number of nitrogens with zero attached hydrogens (tertiary/aromatic N) is 2. The third kappa shape index (κ3) is 4.34. The Morgan fingerprint density at radius 3 is 2.46 bits per heavy atom. The molecule has 8 heteroatoms. The van der Waals surface area contributed by atoms with E-state index in [0.29, 0.717) is 17.2 Å². The van der Waals surface area contributed by atoms with E-state index >= 15 is 0 Å². The van der Waals surface area contributed by atoms with E-state index in [9.17, 15) is 9.59 Å². The number of hydrogen-bond acceptors (Lipinski definition) is 6. The number of urea groups is 1. The summed E-state index contributed by atoms with van der Waals surface area (Å²) >= 11 is 0. The third-order valence-electron chi connectivity index (χ3n) is 4.74.